The Balaban J connectivity index is 3.09. The molecule has 0 N–H and O–H groups in total. The quantitative estimate of drug-likeness (QED) is 0.679. The maximum Gasteiger partial charge on any atom is 0.122 e. The molecule has 0 spiro atoms. The summed E-state index contributed by atoms with van der Waals surface area (Å²) >= 11 is 0. The van der Waals surface area contributed by atoms with Crippen LogP contribution in [0.15, 0.2) is 30.9 Å². The molecule has 0 radical (unpaired) electrons. The molecule has 1 aromatic rings. The van der Waals surface area contributed by atoms with Crippen molar-refractivity contribution in [2.75, 3.05) is 14.2 Å². The van der Waals surface area contributed by atoms with Gasteiger partial charge in [-0.2, -0.15) is 0 Å². The van der Waals surface area contributed by atoms with Gasteiger partial charge in [-0.15, -0.1) is 6.58 Å². The second-order valence-electron chi connectivity index (χ2n) is 3.74. The number of ether oxygens (including phenoxy) is 2. The first-order valence-electron chi connectivity index (χ1n) is 5.59. The predicted octanol–water partition coefficient (Wildman–Crippen LogP) is 3.77. The zero-order valence-electron chi connectivity index (χ0n) is 10.3. The van der Waals surface area contributed by atoms with Crippen LogP contribution in [0.2, 0.25) is 0 Å². The van der Waals surface area contributed by atoms with Gasteiger partial charge in [-0.25, -0.2) is 0 Å². The molecule has 2 nitrogen and oxygen atoms in total. The van der Waals surface area contributed by atoms with Crippen LogP contribution in [0.4, 0.5) is 0 Å². The summed E-state index contributed by atoms with van der Waals surface area (Å²) in [5, 5.41) is 0. The fraction of sp³-hybridized carbons (Fsp3) is 0.429. The Morgan fingerprint density at radius 2 is 2.06 bits per heavy atom. The summed E-state index contributed by atoms with van der Waals surface area (Å²) in [7, 11) is 3.38. The third-order valence-corrected chi connectivity index (χ3v) is 2.82. The van der Waals surface area contributed by atoms with Crippen molar-refractivity contribution in [2.24, 2.45) is 0 Å². The molecule has 0 heterocycles. The normalized spacial score (nSPS) is 11.9. The Labute approximate surface area is 97.9 Å². The van der Waals surface area contributed by atoms with Crippen molar-refractivity contribution in [2.45, 2.75) is 25.7 Å². The van der Waals surface area contributed by atoms with Gasteiger partial charge in [-0.3, -0.25) is 0 Å². The number of rotatable bonds is 6. The van der Waals surface area contributed by atoms with Crippen LogP contribution >= 0.6 is 0 Å². The van der Waals surface area contributed by atoms with Gasteiger partial charge < -0.3 is 9.47 Å². The molecule has 0 aliphatic rings. The van der Waals surface area contributed by atoms with Crippen LogP contribution in [0.1, 0.15) is 31.2 Å². The molecule has 0 saturated carbocycles. The van der Waals surface area contributed by atoms with Crippen molar-refractivity contribution >= 4 is 0 Å². The van der Waals surface area contributed by atoms with E-state index in [0.29, 0.717) is 5.92 Å². The Morgan fingerprint density at radius 3 is 2.56 bits per heavy atom. The highest BCUT2D eigenvalue weighted by atomic mass is 16.5. The highest BCUT2D eigenvalue weighted by Gasteiger charge is 2.14. The van der Waals surface area contributed by atoms with E-state index < -0.39 is 0 Å². The van der Waals surface area contributed by atoms with Crippen molar-refractivity contribution in [3.8, 4) is 11.5 Å². The molecular weight excluding hydrogens is 200 g/mol. The molecule has 1 unspecified atom stereocenters. The van der Waals surface area contributed by atoms with Gasteiger partial charge in [0.15, 0.2) is 0 Å². The summed E-state index contributed by atoms with van der Waals surface area (Å²) in [6.07, 6.45) is 3.97. The van der Waals surface area contributed by atoms with E-state index in [4.69, 9.17) is 9.47 Å². The highest BCUT2D eigenvalue weighted by Crippen LogP contribution is 2.34. The number of methoxy groups -OCH3 is 2. The molecule has 2 heteroatoms. The van der Waals surface area contributed by atoms with Crippen LogP contribution in [0.3, 0.4) is 0 Å². The van der Waals surface area contributed by atoms with Gasteiger partial charge in [-0.1, -0.05) is 13.0 Å². The summed E-state index contributed by atoms with van der Waals surface area (Å²) < 4.78 is 10.6. The Hall–Kier alpha value is -1.44. The summed E-state index contributed by atoms with van der Waals surface area (Å²) in [6.45, 7) is 5.97. The van der Waals surface area contributed by atoms with Crippen LogP contribution in [-0.2, 0) is 0 Å². The average molecular weight is 220 g/mol. The first kappa shape index (κ1) is 12.6. The molecule has 0 aliphatic heterocycles. The minimum Gasteiger partial charge on any atom is -0.497 e. The van der Waals surface area contributed by atoms with Gasteiger partial charge in [-0.05, 0) is 37.0 Å². The molecule has 0 amide bonds. The van der Waals surface area contributed by atoms with Crippen molar-refractivity contribution in [3.05, 3.63) is 36.4 Å². The molecule has 88 valence electrons. The summed E-state index contributed by atoms with van der Waals surface area (Å²) in [5.74, 6) is 2.25. The van der Waals surface area contributed by atoms with Crippen molar-refractivity contribution < 1.29 is 9.47 Å². The van der Waals surface area contributed by atoms with E-state index in [9.17, 15) is 0 Å². The fourth-order valence-corrected chi connectivity index (χ4v) is 1.87. The summed E-state index contributed by atoms with van der Waals surface area (Å²) in [5.41, 5.74) is 1.20. The highest BCUT2D eigenvalue weighted by molar-refractivity contribution is 5.42. The van der Waals surface area contributed by atoms with Crippen LogP contribution < -0.4 is 9.47 Å². The third-order valence-electron chi connectivity index (χ3n) is 2.82. The predicted molar refractivity (Wildman–Crippen MR) is 67.4 cm³/mol. The lowest BCUT2D eigenvalue weighted by molar-refractivity contribution is 0.394. The fourth-order valence-electron chi connectivity index (χ4n) is 1.87. The first-order chi connectivity index (χ1) is 7.76. The Bertz CT molecular complexity index is 345. The van der Waals surface area contributed by atoms with Crippen LogP contribution in [0.25, 0.3) is 0 Å². The lowest BCUT2D eigenvalue weighted by Gasteiger charge is -2.17. The number of benzene rings is 1. The van der Waals surface area contributed by atoms with Crippen molar-refractivity contribution in [1.82, 2.24) is 0 Å². The molecule has 1 aromatic carbocycles. The van der Waals surface area contributed by atoms with Gasteiger partial charge in [0.25, 0.3) is 0 Å². The van der Waals surface area contributed by atoms with Gasteiger partial charge in [0.2, 0.25) is 0 Å². The van der Waals surface area contributed by atoms with Gasteiger partial charge >= 0.3 is 0 Å². The summed E-state index contributed by atoms with van der Waals surface area (Å²) in [6, 6.07) is 5.93. The van der Waals surface area contributed by atoms with E-state index >= 15 is 0 Å². The smallest absolute Gasteiger partial charge is 0.122 e. The molecule has 0 saturated heterocycles. The Morgan fingerprint density at radius 1 is 1.31 bits per heavy atom. The summed E-state index contributed by atoms with van der Waals surface area (Å²) in [4.78, 5) is 0. The maximum absolute atomic E-state index is 5.38. The zero-order valence-corrected chi connectivity index (χ0v) is 10.3. The van der Waals surface area contributed by atoms with Gasteiger partial charge in [0, 0.05) is 5.56 Å². The van der Waals surface area contributed by atoms with E-state index in [2.05, 4.69) is 19.6 Å². The van der Waals surface area contributed by atoms with Gasteiger partial charge in [0.05, 0.1) is 14.2 Å². The van der Waals surface area contributed by atoms with E-state index in [1.807, 2.05) is 18.2 Å². The van der Waals surface area contributed by atoms with E-state index in [1.165, 1.54) is 5.56 Å². The zero-order chi connectivity index (χ0) is 12.0. The second kappa shape index (κ2) is 6.21. The van der Waals surface area contributed by atoms with E-state index in [1.54, 1.807) is 14.2 Å². The Kier molecular flexibility index (Phi) is 4.90. The van der Waals surface area contributed by atoms with Crippen LogP contribution in [-0.4, -0.2) is 14.2 Å². The number of hydrogen-bond donors (Lipinski definition) is 0. The molecule has 0 aromatic heterocycles. The third kappa shape index (κ3) is 2.78. The van der Waals surface area contributed by atoms with Gasteiger partial charge in [0.1, 0.15) is 11.5 Å². The molecular formula is C14H20O2. The lowest BCUT2D eigenvalue weighted by atomic mass is 9.92. The molecule has 0 aliphatic carbocycles. The van der Waals surface area contributed by atoms with Crippen LogP contribution in [0.5, 0.6) is 11.5 Å². The average Bonchev–Trinajstić information content (AvgIpc) is 2.35. The first-order valence-corrected chi connectivity index (χ1v) is 5.59. The van der Waals surface area contributed by atoms with Crippen LogP contribution in [0, 0.1) is 0 Å². The van der Waals surface area contributed by atoms with Crippen molar-refractivity contribution in [3.63, 3.8) is 0 Å². The van der Waals surface area contributed by atoms with E-state index in [-0.39, 0.29) is 0 Å². The minimum absolute atomic E-state index is 0.447. The topological polar surface area (TPSA) is 18.5 Å². The molecule has 0 bridgehead atoms. The number of hydrogen-bond acceptors (Lipinski definition) is 2. The maximum atomic E-state index is 5.38. The second-order valence-corrected chi connectivity index (χ2v) is 3.74. The monoisotopic (exact) mass is 220 g/mol. The standard InChI is InChI=1S/C14H20O2/c1-5-7-11(6-2)13-10-12(15-3)8-9-14(13)16-4/h5,8-11H,1,6-7H2,2-4H3. The molecule has 16 heavy (non-hydrogen) atoms. The minimum atomic E-state index is 0.447. The SMILES string of the molecule is C=CCC(CC)c1cc(OC)ccc1OC. The molecule has 0 fully saturated rings. The largest absolute Gasteiger partial charge is 0.497 e. The van der Waals surface area contributed by atoms with Crippen molar-refractivity contribution in [1.29, 1.82) is 0 Å². The van der Waals surface area contributed by atoms with E-state index in [0.717, 1.165) is 24.3 Å². The molecule has 1 rings (SSSR count). The number of allylic oxidation sites excluding steroid dienone is 1. The molecule has 1 atom stereocenters. The lowest BCUT2D eigenvalue weighted by Crippen LogP contribution is -2.00.